The maximum Gasteiger partial charge on any atom is 0.387 e. The lowest BCUT2D eigenvalue weighted by Gasteiger charge is -2.14. The fraction of sp³-hybridized carbons (Fsp3) is 0.364. The minimum atomic E-state index is -2.94. The molecule has 1 rings (SSSR count). The van der Waals surface area contributed by atoms with E-state index in [0.29, 0.717) is 0 Å². The van der Waals surface area contributed by atoms with Crippen LogP contribution in [0.25, 0.3) is 0 Å². The molecule has 0 aromatic heterocycles. The number of carbonyl (C=O) groups excluding carboxylic acids is 1. The average molecular weight is 281 g/mol. The molecular formula is C11H11ClF2O2S. The number of Topliss-reactive ketones (excluding diaryl/α,β-unsaturated/α-hetero) is 1. The van der Waals surface area contributed by atoms with Crippen molar-refractivity contribution in [2.75, 3.05) is 6.26 Å². The van der Waals surface area contributed by atoms with Gasteiger partial charge in [-0.15, -0.1) is 23.4 Å². The molecule has 0 N–H and O–H groups in total. The minimum Gasteiger partial charge on any atom is -0.434 e. The van der Waals surface area contributed by atoms with Crippen molar-refractivity contribution in [3.8, 4) is 5.75 Å². The summed E-state index contributed by atoms with van der Waals surface area (Å²) in [5.41, 5.74) is 0.270. The van der Waals surface area contributed by atoms with Crippen LogP contribution in [0.3, 0.4) is 0 Å². The molecule has 1 unspecified atom stereocenters. The van der Waals surface area contributed by atoms with Crippen LogP contribution in [0.2, 0.25) is 0 Å². The van der Waals surface area contributed by atoms with Gasteiger partial charge in [-0.2, -0.15) is 8.78 Å². The number of hydrogen-bond donors (Lipinski definition) is 0. The first kappa shape index (κ1) is 14.3. The van der Waals surface area contributed by atoms with Gasteiger partial charge < -0.3 is 4.74 Å². The van der Waals surface area contributed by atoms with Crippen molar-refractivity contribution >= 4 is 29.1 Å². The molecular weight excluding hydrogens is 270 g/mol. The molecule has 0 amide bonds. The number of ketones is 1. The van der Waals surface area contributed by atoms with Crippen molar-refractivity contribution in [1.29, 1.82) is 0 Å². The van der Waals surface area contributed by atoms with Crippen LogP contribution >= 0.6 is 23.4 Å². The maximum absolute atomic E-state index is 12.2. The van der Waals surface area contributed by atoms with Crippen LogP contribution in [-0.4, -0.2) is 18.7 Å². The van der Waals surface area contributed by atoms with Crippen LogP contribution in [0, 0.1) is 0 Å². The van der Waals surface area contributed by atoms with Gasteiger partial charge in [0, 0.05) is 10.5 Å². The lowest BCUT2D eigenvalue weighted by Crippen LogP contribution is -2.08. The Balaban J connectivity index is 3.15. The van der Waals surface area contributed by atoms with Gasteiger partial charge in [0.2, 0.25) is 0 Å². The number of alkyl halides is 3. The molecule has 0 bridgehead atoms. The Kier molecular flexibility index (Phi) is 5.21. The number of hydrogen-bond acceptors (Lipinski definition) is 3. The quantitative estimate of drug-likeness (QED) is 0.605. The van der Waals surface area contributed by atoms with Crippen LogP contribution in [0.1, 0.15) is 17.9 Å². The zero-order valence-corrected chi connectivity index (χ0v) is 10.8. The summed E-state index contributed by atoms with van der Waals surface area (Å²) >= 11 is 7.30. The summed E-state index contributed by atoms with van der Waals surface area (Å²) in [4.78, 5) is 12.0. The number of thioether (sulfide) groups is 1. The van der Waals surface area contributed by atoms with Crippen LogP contribution in [0.5, 0.6) is 5.75 Å². The third-order valence-corrected chi connectivity index (χ3v) is 3.33. The lowest BCUT2D eigenvalue weighted by atomic mass is 10.1. The molecule has 6 heteroatoms. The Bertz CT molecular complexity index is 412. The highest BCUT2D eigenvalue weighted by Gasteiger charge is 2.20. The van der Waals surface area contributed by atoms with E-state index in [9.17, 15) is 13.6 Å². The molecule has 1 aromatic rings. The Labute approximate surface area is 107 Å². The number of rotatable bonds is 5. The summed E-state index contributed by atoms with van der Waals surface area (Å²) in [6.07, 6.45) is 1.84. The number of halogens is 3. The highest BCUT2D eigenvalue weighted by atomic mass is 35.5. The van der Waals surface area contributed by atoms with E-state index >= 15 is 0 Å². The van der Waals surface area contributed by atoms with Gasteiger partial charge >= 0.3 is 6.61 Å². The molecule has 94 valence electrons. The van der Waals surface area contributed by atoms with Crippen LogP contribution in [0.4, 0.5) is 8.78 Å². The van der Waals surface area contributed by atoms with Gasteiger partial charge in [0.05, 0.1) is 0 Å². The highest BCUT2D eigenvalue weighted by Crippen LogP contribution is 2.34. The number of carbonyl (C=O) groups is 1. The molecule has 0 saturated heterocycles. The van der Waals surface area contributed by atoms with E-state index in [1.807, 2.05) is 6.26 Å². The van der Waals surface area contributed by atoms with E-state index < -0.39 is 12.0 Å². The fourth-order valence-corrected chi connectivity index (χ4v) is 1.89. The molecule has 0 aliphatic heterocycles. The van der Waals surface area contributed by atoms with Crippen LogP contribution < -0.4 is 4.74 Å². The Morgan fingerprint density at radius 2 is 2.12 bits per heavy atom. The predicted molar refractivity (Wildman–Crippen MR) is 64.1 cm³/mol. The summed E-state index contributed by atoms with van der Waals surface area (Å²) in [6, 6.07) is 4.61. The van der Waals surface area contributed by atoms with Gasteiger partial charge in [0.25, 0.3) is 0 Å². The van der Waals surface area contributed by atoms with Crippen molar-refractivity contribution < 1.29 is 18.3 Å². The van der Waals surface area contributed by atoms with Gasteiger partial charge in [-0.05, 0) is 31.4 Å². The van der Waals surface area contributed by atoms with Crippen molar-refractivity contribution in [1.82, 2.24) is 0 Å². The van der Waals surface area contributed by atoms with Gasteiger partial charge in [-0.1, -0.05) is 0 Å². The molecule has 0 spiro atoms. The largest absolute Gasteiger partial charge is 0.434 e. The standard InChI is InChI=1S/C11H11ClF2O2S/c1-6(15)10(12)8-5-7(17-2)3-4-9(8)16-11(13)14/h3-5,10-11H,1-2H3. The molecule has 1 atom stereocenters. The average Bonchev–Trinajstić information content (AvgIpc) is 2.27. The van der Waals surface area contributed by atoms with Crippen molar-refractivity contribution in [3.63, 3.8) is 0 Å². The second-order valence-corrected chi connectivity index (χ2v) is 4.57. The van der Waals surface area contributed by atoms with Crippen LogP contribution in [-0.2, 0) is 4.79 Å². The van der Waals surface area contributed by atoms with Crippen molar-refractivity contribution in [2.24, 2.45) is 0 Å². The monoisotopic (exact) mass is 280 g/mol. The van der Waals surface area contributed by atoms with Crippen molar-refractivity contribution in [2.45, 2.75) is 23.8 Å². The van der Waals surface area contributed by atoms with E-state index in [2.05, 4.69) is 4.74 Å². The van der Waals surface area contributed by atoms with Crippen LogP contribution in [0.15, 0.2) is 23.1 Å². The summed E-state index contributed by atoms with van der Waals surface area (Å²) in [7, 11) is 0. The first-order valence-corrected chi connectivity index (χ1v) is 6.39. The Morgan fingerprint density at radius 3 is 2.59 bits per heavy atom. The fourth-order valence-electron chi connectivity index (χ4n) is 1.27. The van der Waals surface area contributed by atoms with Gasteiger partial charge in [-0.3, -0.25) is 4.79 Å². The highest BCUT2D eigenvalue weighted by molar-refractivity contribution is 7.98. The SMILES string of the molecule is CSc1ccc(OC(F)F)c(C(Cl)C(C)=O)c1. The van der Waals surface area contributed by atoms with Gasteiger partial charge in [0.1, 0.15) is 11.1 Å². The molecule has 1 aromatic carbocycles. The third-order valence-electron chi connectivity index (χ3n) is 2.06. The molecule has 0 saturated carbocycles. The smallest absolute Gasteiger partial charge is 0.387 e. The Hall–Kier alpha value is -0.810. The first-order chi connectivity index (χ1) is 7.95. The molecule has 0 aliphatic carbocycles. The van der Waals surface area contributed by atoms with E-state index in [-0.39, 0.29) is 17.1 Å². The summed E-state index contributed by atoms with van der Waals surface area (Å²) in [6.45, 7) is -1.64. The zero-order valence-electron chi connectivity index (χ0n) is 9.25. The zero-order chi connectivity index (χ0) is 13.0. The van der Waals surface area contributed by atoms with E-state index in [4.69, 9.17) is 11.6 Å². The number of ether oxygens (including phenoxy) is 1. The normalized spacial score (nSPS) is 12.6. The van der Waals surface area contributed by atoms with Gasteiger partial charge in [-0.25, -0.2) is 0 Å². The molecule has 0 heterocycles. The van der Waals surface area contributed by atoms with Crippen molar-refractivity contribution in [3.05, 3.63) is 23.8 Å². The van der Waals surface area contributed by atoms with E-state index in [1.54, 1.807) is 12.1 Å². The predicted octanol–water partition coefficient (Wildman–Crippen LogP) is 3.88. The first-order valence-electron chi connectivity index (χ1n) is 4.73. The Morgan fingerprint density at radius 1 is 1.47 bits per heavy atom. The third kappa shape index (κ3) is 3.85. The second kappa shape index (κ2) is 6.21. The lowest BCUT2D eigenvalue weighted by molar-refractivity contribution is -0.116. The van der Waals surface area contributed by atoms with E-state index in [0.717, 1.165) is 4.90 Å². The number of benzene rings is 1. The van der Waals surface area contributed by atoms with Gasteiger partial charge in [0.15, 0.2) is 5.78 Å². The summed E-state index contributed by atoms with van der Waals surface area (Å²) in [5, 5.41) is -0.976. The topological polar surface area (TPSA) is 26.3 Å². The maximum atomic E-state index is 12.2. The molecule has 17 heavy (non-hydrogen) atoms. The summed E-state index contributed by atoms with van der Waals surface area (Å²) < 4.78 is 28.7. The minimum absolute atomic E-state index is 0.0620. The molecule has 0 aliphatic rings. The second-order valence-electron chi connectivity index (χ2n) is 3.26. The molecule has 2 nitrogen and oxygen atoms in total. The molecule has 0 fully saturated rings. The summed E-state index contributed by atoms with van der Waals surface area (Å²) in [5.74, 6) is -0.378. The van der Waals surface area contributed by atoms with E-state index in [1.165, 1.54) is 24.8 Å². The molecule has 0 radical (unpaired) electrons.